The number of rotatable bonds is 2. The van der Waals surface area contributed by atoms with Crippen LogP contribution in [0.5, 0.6) is 0 Å². The third kappa shape index (κ3) is 4.76. The number of ketones is 1. The van der Waals surface area contributed by atoms with Gasteiger partial charge in [0.2, 0.25) is 0 Å². The van der Waals surface area contributed by atoms with Crippen LogP contribution in [0.2, 0.25) is 0 Å². The van der Waals surface area contributed by atoms with Crippen LogP contribution in [0.3, 0.4) is 0 Å². The third-order valence-corrected chi connectivity index (χ3v) is 1.25. The zero-order chi connectivity index (χ0) is 7.44. The molecular weight excluding hydrogens is 182 g/mol. The number of halogens is 3. The van der Waals surface area contributed by atoms with Crippen LogP contribution >= 0.6 is 34.8 Å². The first-order valence-electron chi connectivity index (χ1n) is 2.20. The standard InChI is InChI=1S/C5H5Cl3O/c1-3(9)4(6)2-5(7)8/h2,5H,1H3/b4-2-. The minimum Gasteiger partial charge on any atom is -0.294 e. The van der Waals surface area contributed by atoms with Crippen molar-refractivity contribution >= 4 is 40.6 Å². The monoisotopic (exact) mass is 186 g/mol. The molecule has 0 amide bonds. The van der Waals surface area contributed by atoms with Crippen LogP contribution in [0.1, 0.15) is 6.92 Å². The lowest BCUT2D eigenvalue weighted by Crippen LogP contribution is -1.91. The van der Waals surface area contributed by atoms with Gasteiger partial charge in [-0.05, 0) is 6.08 Å². The molecule has 0 radical (unpaired) electrons. The number of hydrogen-bond acceptors (Lipinski definition) is 1. The van der Waals surface area contributed by atoms with E-state index in [0.717, 1.165) is 0 Å². The van der Waals surface area contributed by atoms with E-state index in [1.54, 1.807) is 0 Å². The van der Waals surface area contributed by atoms with Gasteiger partial charge in [0.1, 0.15) is 4.84 Å². The van der Waals surface area contributed by atoms with Crippen LogP contribution in [0.25, 0.3) is 0 Å². The summed E-state index contributed by atoms with van der Waals surface area (Å²) in [6.45, 7) is 1.34. The average molecular weight is 187 g/mol. The molecule has 0 N–H and O–H groups in total. The fourth-order valence-electron chi connectivity index (χ4n) is 0.228. The number of allylic oxidation sites excluding steroid dienone is 2. The second kappa shape index (κ2) is 4.15. The third-order valence-electron chi connectivity index (χ3n) is 0.609. The largest absolute Gasteiger partial charge is 0.294 e. The zero-order valence-electron chi connectivity index (χ0n) is 4.70. The molecule has 52 valence electrons. The SMILES string of the molecule is CC(=O)/C(Cl)=C/C(Cl)Cl. The Morgan fingerprint density at radius 1 is 1.56 bits per heavy atom. The molecule has 0 saturated carbocycles. The highest BCUT2D eigenvalue weighted by Gasteiger charge is 2.00. The van der Waals surface area contributed by atoms with Crippen LogP contribution in [0.15, 0.2) is 11.1 Å². The lowest BCUT2D eigenvalue weighted by atomic mass is 10.4. The highest BCUT2D eigenvalue weighted by Crippen LogP contribution is 2.10. The van der Waals surface area contributed by atoms with Gasteiger partial charge >= 0.3 is 0 Å². The molecule has 0 atom stereocenters. The van der Waals surface area contributed by atoms with E-state index in [-0.39, 0.29) is 10.8 Å². The Kier molecular flexibility index (Phi) is 4.28. The van der Waals surface area contributed by atoms with Crippen molar-refractivity contribution in [3.05, 3.63) is 11.1 Å². The molecule has 0 aliphatic heterocycles. The molecule has 0 aromatic carbocycles. The normalized spacial score (nSPS) is 12.3. The molecule has 0 unspecified atom stereocenters. The Morgan fingerprint density at radius 2 is 2.00 bits per heavy atom. The molecule has 0 fully saturated rings. The second-order valence-corrected chi connectivity index (χ2v) is 2.98. The van der Waals surface area contributed by atoms with Gasteiger partial charge in [-0.3, -0.25) is 4.79 Å². The Bertz CT molecular complexity index is 139. The summed E-state index contributed by atoms with van der Waals surface area (Å²) < 4.78 is 0. The molecule has 0 aromatic heterocycles. The highest BCUT2D eigenvalue weighted by molar-refractivity contribution is 6.48. The van der Waals surface area contributed by atoms with E-state index < -0.39 is 4.84 Å². The summed E-state index contributed by atoms with van der Waals surface area (Å²) in [6.07, 6.45) is 1.27. The van der Waals surface area contributed by atoms with Crippen molar-refractivity contribution in [2.45, 2.75) is 11.8 Å². The Labute approximate surface area is 68.6 Å². The quantitative estimate of drug-likeness (QED) is 0.479. The number of Topliss-reactive ketones (excluding diaryl/α,β-unsaturated/α-hetero) is 1. The van der Waals surface area contributed by atoms with Crippen LogP contribution in [0.4, 0.5) is 0 Å². The van der Waals surface area contributed by atoms with E-state index in [9.17, 15) is 4.79 Å². The predicted octanol–water partition coefficient (Wildman–Crippen LogP) is 2.50. The molecule has 1 nitrogen and oxygen atoms in total. The maximum Gasteiger partial charge on any atom is 0.170 e. The molecule has 0 rings (SSSR count). The first kappa shape index (κ1) is 9.28. The minimum absolute atomic E-state index is 0.0741. The van der Waals surface area contributed by atoms with Crippen molar-refractivity contribution in [1.29, 1.82) is 0 Å². The van der Waals surface area contributed by atoms with Gasteiger partial charge in [-0.1, -0.05) is 11.6 Å². The summed E-state index contributed by atoms with van der Waals surface area (Å²) in [7, 11) is 0. The van der Waals surface area contributed by atoms with Crippen molar-refractivity contribution in [3.63, 3.8) is 0 Å². The van der Waals surface area contributed by atoms with E-state index in [2.05, 4.69) is 0 Å². The van der Waals surface area contributed by atoms with Crippen molar-refractivity contribution < 1.29 is 4.79 Å². The second-order valence-electron chi connectivity index (χ2n) is 1.41. The predicted molar refractivity (Wildman–Crippen MR) is 40.1 cm³/mol. The fourth-order valence-corrected chi connectivity index (χ4v) is 0.735. The van der Waals surface area contributed by atoms with E-state index in [0.29, 0.717) is 0 Å². The Balaban J connectivity index is 4.00. The Morgan fingerprint density at radius 3 is 2.11 bits per heavy atom. The zero-order valence-corrected chi connectivity index (χ0v) is 6.96. The van der Waals surface area contributed by atoms with Gasteiger partial charge in [-0.15, -0.1) is 23.2 Å². The molecule has 9 heavy (non-hydrogen) atoms. The summed E-state index contributed by atoms with van der Waals surface area (Å²) in [5.41, 5.74) is 0. The molecule has 0 spiro atoms. The van der Waals surface area contributed by atoms with Crippen molar-refractivity contribution in [3.8, 4) is 0 Å². The lowest BCUT2D eigenvalue weighted by molar-refractivity contribution is -0.113. The minimum atomic E-state index is -0.707. The smallest absolute Gasteiger partial charge is 0.170 e. The summed E-state index contributed by atoms with van der Waals surface area (Å²) in [5.74, 6) is -0.233. The van der Waals surface area contributed by atoms with Crippen LogP contribution in [-0.4, -0.2) is 10.6 Å². The van der Waals surface area contributed by atoms with Gasteiger partial charge in [0.15, 0.2) is 5.78 Å². The van der Waals surface area contributed by atoms with Crippen LogP contribution < -0.4 is 0 Å². The molecule has 0 bridgehead atoms. The van der Waals surface area contributed by atoms with Gasteiger partial charge in [0, 0.05) is 6.92 Å². The first-order valence-corrected chi connectivity index (χ1v) is 3.45. The summed E-state index contributed by atoms with van der Waals surface area (Å²) >= 11 is 15.9. The van der Waals surface area contributed by atoms with Crippen molar-refractivity contribution in [2.24, 2.45) is 0 Å². The van der Waals surface area contributed by atoms with E-state index in [1.165, 1.54) is 13.0 Å². The molecule has 0 heterocycles. The number of hydrogen-bond donors (Lipinski definition) is 0. The highest BCUT2D eigenvalue weighted by atomic mass is 35.5. The van der Waals surface area contributed by atoms with Gasteiger partial charge in [-0.2, -0.15) is 0 Å². The average Bonchev–Trinajstić information content (AvgIpc) is 1.63. The molecule has 0 aromatic rings. The van der Waals surface area contributed by atoms with Gasteiger partial charge in [-0.25, -0.2) is 0 Å². The van der Waals surface area contributed by atoms with Gasteiger partial charge in [0.25, 0.3) is 0 Å². The molecule has 4 heteroatoms. The maximum absolute atomic E-state index is 10.4. The number of alkyl halides is 2. The molecule has 0 aliphatic rings. The fraction of sp³-hybridized carbons (Fsp3) is 0.400. The summed E-state index contributed by atoms with van der Waals surface area (Å²) in [4.78, 5) is 9.65. The van der Waals surface area contributed by atoms with Crippen LogP contribution in [-0.2, 0) is 4.79 Å². The van der Waals surface area contributed by atoms with Gasteiger partial charge in [0.05, 0.1) is 5.03 Å². The first-order chi connectivity index (χ1) is 4.04. The van der Waals surface area contributed by atoms with Crippen molar-refractivity contribution in [1.82, 2.24) is 0 Å². The summed E-state index contributed by atoms with van der Waals surface area (Å²) in [5, 5.41) is 0.0741. The van der Waals surface area contributed by atoms with Crippen molar-refractivity contribution in [2.75, 3.05) is 0 Å². The molecule has 0 saturated heterocycles. The van der Waals surface area contributed by atoms with E-state index in [4.69, 9.17) is 34.8 Å². The van der Waals surface area contributed by atoms with E-state index >= 15 is 0 Å². The van der Waals surface area contributed by atoms with Gasteiger partial charge < -0.3 is 0 Å². The topological polar surface area (TPSA) is 17.1 Å². The Hall–Kier alpha value is 0.280. The van der Waals surface area contributed by atoms with Crippen LogP contribution in [0, 0.1) is 0 Å². The van der Waals surface area contributed by atoms with E-state index in [1.807, 2.05) is 0 Å². The lowest BCUT2D eigenvalue weighted by Gasteiger charge is -1.90. The number of carbonyl (C=O) groups excluding carboxylic acids is 1. The number of carbonyl (C=O) groups is 1. The summed E-state index contributed by atoms with van der Waals surface area (Å²) in [6, 6.07) is 0. The maximum atomic E-state index is 10.4. The molecular formula is C5H5Cl3O. The molecule has 0 aliphatic carbocycles.